The topological polar surface area (TPSA) is 118 Å². The minimum Gasteiger partial charge on any atom is -0.379 e. The monoisotopic (exact) mass is 410 g/mol. The van der Waals surface area contributed by atoms with Gasteiger partial charge in [0, 0.05) is 18.7 Å². The minimum atomic E-state index is -3.70. The maximum Gasteiger partial charge on any atom is 0.257 e. The summed E-state index contributed by atoms with van der Waals surface area (Å²) in [6.07, 6.45) is 2.75. The van der Waals surface area contributed by atoms with Crippen molar-refractivity contribution in [1.82, 2.24) is 24.5 Å². The Kier molecular flexibility index (Phi) is 5.79. The van der Waals surface area contributed by atoms with Gasteiger partial charge in [0.15, 0.2) is 5.11 Å². The summed E-state index contributed by atoms with van der Waals surface area (Å²) < 4.78 is 33.5. The number of amides is 1. The van der Waals surface area contributed by atoms with Crippen molar-refractivity contribution < 1.29 is 17.9 Å². The Morgan fingerprint density at radius 1 is 1.22 bits per heavy atom. The van der Waals surface area contributed by atoms with Gasteiger partial charge in [-0.05, 0) is 36.8 Å². The van der Waals surface area contributed by atoms with E-state index < -0.39 is 15.9 Å². The summed E-state index contributed by atoms with van der Waals surface area (Å²) in [5.41, 5.74) is 3.53. The first kappa shape index (κ1) is 19.4. The van der Waals surface area contributed by atoms with E-state index in [4.69, 9.17) is 17.0 Å². The first-order valence-corrected chi connectivity index (χ1v) is 9.88. The van der Waals surface area contributed by atoms with E-state index in [1.807, 2.05) is 0 Å². The van der Waals surface area contributed by atoms with E-state index >= 15 is 0 Å². The second kappa shape index (κ2) is 8.08. The highest BCUT2D eigenvalue weighted by molar-refractivity contribution is 7.89. The average Bonchev–Trinajstić information content (AvgIpc) is 3.15. The lowest BCUT2D eigenvalue weighted by atomic mass is 10.1. The number of rotatable bonds is 4. The Bertz CT molecular complexity index is 939. The van der Waals surface area contributed by atoms with Crippen molar-refractivity contribution >= 4 is 33.3 Å². The SMILES string of the molecule is Cc1ccc(S(=O)(=O)N2CCOCC2)cc1C(=O)NC(=S)Nn1cnnc1. The lowest BCUT2D eigenvalue weighted by molar-refractivity contribution is 0.0730. The van der Waals surface area contributed by atoms with E-state index in [2.05, 4.69) is 20.9 Å². The van der Waals surface area contributed by atoms with Crippen LogP contribution >= 0.6 is 12.2 Å². The average molecular weight is 410 g/mol. The molecule has 0 saturated carbocycles. The highest BCUT2D eigenvalue weighted by Crippen LogP contribution is 2.20. The third kappa shape index (κ3) is 4.47. The number of carbonyl (C=O) groups is 1. The molecule has 0 spiro atoms. The highest BCUT2D eigenvalue weighted by atomic mass is 32.2. The van der Waals surface area contributed by atoms with Gasteiger partial charge in [0.25, 0.3) is 5.91 Å². The molecule has 144 valence electrons. The fraction of sp³-hybridized carbons (Fsp3) is 0.333. The first-order valence-electron chi connectivity index (χ1n) is 8.03. The molecule has 1 amide bonds. The van der Waals surface area contributed by atoms with E-state index in [1.165, 1.54) is 33.8 Å². The number of nitrogens with zero attached hydrogens (tertiary/aromatic N) is 4. The molecule has 2 heterocycles. The van der Waals surface area contributed by atoms with Crippen LogP contribution < -0.4 is 10.7 Å². The smallest absolute Gasteiger partial charge is 0.257 e. The Morgan fingerprint density at radius 3 is 2.56 bits per heavy atom. The number of carbonyl (C=O) groups excluding carboxylic acids is 1. The Balaban J connectivity index is 1.78. The first-order chi connectivity index (χ1) is 12.9. The molecule has 1 aliphatic rings. The number of ether oxygens (including phenoxy) is 1. The van der Waals surface area contributed by atoms with E-state index in [1.54, 1.807) is 13.0 Å². The number of hydrogen-bond donors (Lipinski definition) is 2. The van der Waals surface area contributed by atoms with Crippen LogP contribution in [0.15, 0.2) is 35.7 Å². The maximum atomic E-state index is 12.8. The molecular formula is C15H18N6O4S2. The van der Waals surface area contributed by atoms with Crippen molar-refractivity contribution in [1.29, 1.82) is 0 Å². The van der Waals surface area contributed by atoms with Crippen LogP contribution in [0.1, 0.15) is 15.9 Å². The molecule has 0 unspecified atom stereocenters. The van der Waals surface area contributed by atoms with Crippen LogP contribution in [0.5, 0.6) is 0 Å². The second-order valence-corrected chi connectivity index (χ2v) is 8.10. The summed E-state index contributed by atoms with van der Waals surface area (Å²) in [5, 5.41) is 9.75. The number of morpholine rings is 1. The quantitative estimate of drug-likeness (QED) is 0.669. The zero-order valence-electron chi connectivity index (χ0n) is 14.5. The van der Waals surface area contributed by atoms with Crippen LogP contribution in [0.4, 0.5) is 0 Å². The largest absolute Gasteiger partial charge is 0.379 e. The fourth-order valence-corrected chi connectivity index (χ4v) is 4.15. The molecule has 0 bridgehead atoms. The van der Waals surface area contributed by atoms with Crippen LogP contribution in [0.2, 0.25) is 0 Å². The molecule has 1 saturated heterocycles. The second-order valence-electron chi connectivity index (χ2n) is 5.76. The molecule has 0 radical (unpaired) electrons. The van der Waals surface area contributed by atoms with Crippen LogP contribution in [0.3, 0.4) is 0 Å². The molecule has 2 N–H and O–H groups in total. The van der Waals surface area contributed by atoms with Crippen molar-refractivity contribution in [3.05, 3.63) is 42.0 Å². The maximum absolute atomic E-state index is 12.8. The van der Waals surface area contributed by atoms with Crippen molar-refractivity contribution in [3.63, 3.8) is 0 Å². The molecule has 1 fully saturated rings. The molecule has 27 heavy (non-hydrogen) atoms. The summed E-state index contributed by atoms with van der Waals surface area (Å²) in [6.45, 7) is 2.98. The summed E-state index contributed by atoms with van der Waals surface area (Å²) in [6, 6.07) is 4.44. The predicted octanol–water partition coefficient (Wildman–Crippen LogP) is -0.134. The molecule has 0 aliphatic carbocycles. The highest BCUT2D eigenvalue weighted by Gasteiger charge is 2.27. The van der Waals surface area contributed by atoms with Gasteiger partial charge in [-0.2, -0.15) is 4.31 Å². The molecule has 10 nitrogen and oxygen atoms in total. The van der Waals surface area contributed by atoms with E-state index in [9.17, 15) is 13.2 Å². The van der Waals surface area contributed by atoms with Crippen LogP contribution in [-0.2, 0) is 14.8 Å². The van der Waals surface area contributed by atoms with Gasteiger partial charge in [-0.15, -0.1) is 10.2 Å². The van der Waals surface area contributed by atoms with Crippen molar-refractivity contribution in [3.8, 4) is 0 Å². The number of benzene rings is 1. The van der Waals surface area contributed by atoms with Gasteiger partial charge in [0.05, 0.1) is 18.1 Å². The Hall–Kier alpha value is -2.41. The molecule has 2 aromatic rings. The number of nitrogens with one attached hydrogen (secondary N) is 2. The molecular weight excluding hydrogens is 392 g/mol. The van der Waals surface area contributed by atoms with Gasteiger partial charge in [-0.25, -0.2) is 13.1 Å². The van der Waals surface area contributed by atoms with Crippen LogP contribution in [-0.4, -0.2) is 64.9 Å². The molecule has 1 aliphatic heterocycles. The van der Waals surface area contributed by atoms with Crippen molar-refractivity contribution in [2.24, 2.45) is 0 Å². The summed E-state index contributed by atoms with van der Waals surface area (Å²) in [7, 11) is -3.70. The zero-order chi connectivity index (χ0) is 19.4. The summed E-state index contributed by atoms with van der Waals surface area (Å²) in [4.78, 5) is 12.6. The minimum absolute atomic E-state index is 0.0284. The van der Waals surface area contributed by atoms with E-state index in [-0.39, 0.29) is 28.7 Å². The van der Waals surface area contributed by atoms with Gasteiger partial charge in [0.2, 0.25) is 10.0 Å². The molecule has 3 rings (SSSR count). The summed E-state index contributed by atoms with van der Waals surface area (Å²) in [5.74, 6) is -0.517. The van der Waals surface area contributed by atoms with E-state index in [0.717, 1.165) is 0 Å². The van der Waals surface area contributed by atoms with Crippen LogP contribution in [0.25, 0.3) is 0 Å². The normalized spacial score (nSPS) is 15.3. The van der Waals surface area contributed by atoms with Crippen molar-refractivity contribution in [2.75, 3.05) is 31.7 Å². The fourth-order valence-electron chi connectivity index (χ4n) is 2.52. The van der Waals surface area contributed by atoms with Crippen LogP contribution in [0, 0.1) is 6.92 Å². The Morgan fingerprint density at radius 2 is 1.89 bits per heavy atom. The lowest BCUT2D eigenvalue weighted by Gasteiger charge is -2.26. The number of hydrogen-bond acceptors (Lipinski definition) is 7. The molecule has 1 aromatic heterocycles. The van der Waals surface area contributed by atoms with Gasteiger partial charge >= 0.3 is 0 Å². The molecule has 1 aromatic carbocycles. The number of thiocarbonyl (C=S) groups is 1. The standard InChI is InChI=1S/C15H18N6O4S2/c1-11-2-3-12(27(23,24)21-4-6-25-7-5-21)8-13(11)14(22)18-15(26)19-20-9-16-17-10-20/h2-3,8-10H,4-7H2,1H3,(H2,18,19,22,26). The number of sulfonamides is 1. The van der Waals surface area contributed by atoms with Gasteiger partial charge in [-0.3, -0.25) is 15.5 Å². The van der Waals surface area contributed by atoms with Crippen molar-refractivity contribution in [2.45, 2.75) is 11.8 Å². The van der Waals surface area contributed by atoms with Gasteiger partial charge in [-0.1, -0.05) is 6.07 Å². The third-order valence-electron chi connectivity index (χ3n) is 3.94. The predicted molar refractivity (Wildman–Crippen MR) is 100 cm³/mol. The van der Waals surface area contributed by atoms with Gasteiger partial charge < -0.3 is 4.74 Å². The zero-order valence-corrected chi connectivity index (χ0v) is 16.1. The third-order valence-corrected chi connectivity index (χ3v) is 6.03. The van der Waals surface area contributed by atoms with E-state index in [0.29, 0.717) is 18.8 Å². The Labute approximate surface area is 161 Å². The number of aryl methyl sites for hydroxylation is 1. The lowest BCUT2D eigenvalue weighted by Crippen LogP contribution is -2.41. The molecule has 0 atom stereocenters. The van der Waals surface area contributed by atoms with Gasteiger partial charge in [0.1, 0.15) is 12.7 Å². The number of aromatic nitrogens is 3. The summed E-state index contributed by atoms with van der Waals surface area (Å²) >= 11 is 5.07. The molecule has 12 heteroatoms.